The van der Waals surface area contributed by atoms with Crippen molar-refractivity contribution < 1.29 is 14.3 Å². The largest absolute Gasteiger partial charge is 0.494 e. The van der Waals surface area contributed by atoms with Crippen molar-refractivity contribution in [2.45, 2.75) is 26.8 Å². The maximum absolute atomic E-state index is 13.4. The Balaban J connectivity index is 1.71. The molecular formula is C22H24N6O3. The number of allylic oxidation sites excluding steroid dienone is 1. The first-order valence-electron chi connectivity index (χ1n) is 10.1. The Morgan fingerprint density at radius 1 is 1.10 bits per heavy atom. The number of hydrogen-bond acceptors (Lipinski definition) is 7. The number of fused-ring (bicyclic) bond motifs is 1. The van der Waals surface area contributed by atoms with E-state index in [1.165, 1.54) is 0 Å². The molecule has 0 saturated carbocycles. The molecule has 1 aliphatic rings. The topological polar surface area (TPSA) is 103 Å². The van der Waals surface area contributed by atoms with Crippen molar-refractivity contribution in [3.63, 3.8) is 0 Å². The fourth-order valence-corrected chi connectivity index (χ4v) is 3.57. The number of benzene rings is 2. The van der Waals surface area contributed by atoms with Crippen LogP contribution in [0.25, 0.3) is 0 Å². The number of ether oxygens (including phenoxy) is 2. The second kappa shape index (κ2) is 8.86. The highest BCUT2D eigenvalue weighted by molar-refractivity contribution is 6.06. The van der Waals surface area contributed by atoms with Crippen molar-refractivity contribution in [2.75, 3.05) is 23.8 Å². The number of carbonyl (C=O) groups is 1. The van der Waals surface area contributed by atoms with Gasteiger partial charge in [-0.05, 0) is 61.0 Å². The number of aromatic nitrogens is 4. The Labute approximate surface area is 180 Å². The van der Waals surface area contributed by atoms with E-state index in [0.29, 0.717) is 41.9 Å². The summed E-state index contributed by atoms with van der Waals surface area (Å²) in [7, 11) is 0. The average Bonchev–Trinajstić information content (AvgIpc) is 3.23. The normalized spacial score (nSPS) is 15.1. The van der Waals surface area contributed by atoms with Gasteiger partial charge in [0.1, 0.15) is 17.5 Å². The lowest BCUT2D eigenvalue weighted by Gasteiger charge is -2.28. The molecule has 31 heavy (non-hydrogen) atoms. The van der Waals surface area contributed by atoms with Crippen LogP contribution in [0.4, 0.5) is 11.6 Å². The lowest BCUT2D eigenvalue weighted by Crippen LogP contribution is -2.31. The SMILES string of the molecule is CCOc1ccc(C2C(C(=O)Nc3ccccc3OCC)=C(C)Nc3nnnn32)cc1. The Kier molecular flexibility index (Phi) is 5.83. The monoisotopic (exact) mass is 420 g/mol. The molecule has 160 valence electrons. The Hall–Kier alpha value is -3.88. The van der Waals surface area contributed by atoms with E-state index >= 15 is 0 Å². The quantitative estimate of drug-likeness (QED) is 0.604. The average molecular weight is 420 g/mol. The van der Waals surface area contributed by atoms with Crippen LogP contribution in [0.2, 0.25) is 0 Å². The molecular weight excluding hydrogens is 396 g/mol. The number of carbonyl (C=O) groups excluding carboxylic acids is 1. The van der Waals surface area contributed by atoms with Crippen LogP contribution >= 0.6 is 0 Å². The number of hydrogen-bond donors (Lipinski definition) is 2. The number of anilines is 2. The summed E-state index contributed by atoms with van der Waals surface area (Å²) >= 11 is 0. The van der Waals surface area contributed by atoms with Crippen LogP contribution in [-0.4, -0.2) is 39.3 Å². The molecule has 9 heteroatoms. The van der Waals surface area contributed by atoms with E-state index in [9.17, 15) is 4.79 Å². The van der Waals surface area contributed by atoms with Crippen LogP contribution in [0.15, 0.2) is 59.8 Å². The minimum Gasteiger partial charge on any atom is -0.494 e. The predicted molar refractivity (Wildman–Crippen MR) is 116 cm³/mol. The Morgan fingerprint density at radius 2 is 1.84 bits per heavy atom. The van der Waals surface area contributed by atoms with Crippen LogP contribution < -0.4 is 20.1 Å². The van der Waals surface area contributed by atoms with Crippen molar-refractivity contribution in [3.8, 4) is 11.5 Å². The van der Waals surface area contributed by atoms with E-state index in [1.807, 2.05) is 69.3 Å². The maximum Gasteiger partial charge on any atom is 0.255 e. The van der Waals surface area contributed by atoms with Gasteiger partial charge in [0, 0.05) is 5.70 Å². The molecule has 2 aromatic carbocycles. The molecule has 9 nitrogen and oxygen atoms in total. The lowest BCUT2D eigenvalue weighted by atomic mass is 9.95. The van der Waals surface area contributed by atoms with Gasteiger partial charge in [0.15, 0.2) is 0 Å². The van der Waals surface area contributed by atoms with Gasteiger partial charge in [-0.2, -0.15) is 4.68 Å². The zero-order valence-electron chi connectivity index (χ0n) is 17.6. The zero-order chi connectivity index (χ0) is 21.8. The highest BCUT2D eigenvalue weighted by Crippen LogP contribution is 2.36. The summed E-state index contributed by atoms with van der Waals surface area (Å²) in [4.78, 5) is 13.4. The number of nitrogens with zero attached hydrogens (tertiary/aromatic N) is 4. The van der Waals surface area contributed by atoms with Crippen molar-refractivity contribution >= 4 is 17.5 Å². The molecule has 2 heterocycles. The fraction of sp³-hybridized carbons (Fsp3) is 0.273. The number of rotatable bonds is 7. The summed E-state index contributed by atoms with van der Waals surface area (Å²) < 4.78 is 12.8. The maximum atomic E-state index is 13.4. The van der Waals surface area contributed by atoms with Crippen molar-refractivity contribution in [2.24, 2.45) is 0 Å². The summed E-state index contributed by atoms with van der Waals surface area (Å²) in [6.07, 6.45) is 0. The van der Waals surface area contributed by atoms with Crippen LogP contribution in [0.5, 0.6) is 11.5 Å². The molecule has 0 spiro atoms. The lowest BCUT2D eigenvalue weighted by molar-refractivity contribution is -0.113. The third-order valence-corrected chi connectivity index (χ3v) is 4.90. The van der Waals surface area contributed by atoms with Gasteiger partial charge < -0.3 is 20.1 Å². The van der Waals surface area contributed by atoms with Crippen molar-refractivity contribution in [3.05, 3.63) is 65.4 Å². The van der Waals surface area contributed by atoms with E-state index < -0.39 is 6.04 Å². The van der Waals surface area contributed by atoms with Crippen LogP contribution in [0, 0.1) is 0 Å². The number of amides is 1. The summed E-state index contributed by atoms with van der Waals surface area (Å²) in [6, 6.07) is 14.4. The summed E-state index contributed by atoms with van der Waals surface area (Å²) in [5.74, 6) is 1.58. The first-order chi connectivity index (χ1) is 15.1. The van der Waals surface area contributed by atoms with Crippen LogP contribution in [-0.2, 0) is 4.79 Å². The van der Waals surface area contributed by atoms with E-state index in [0.717, 1.165) is 11.3 Å². The summed E-state index contributed by atoms with van der Waals surface area (Å²) in [5.41, 5.74) is 2.64. The first kappa shape index (κ1) is 20.4. The minimum absolute atomic E-state index is 0.266. The summed E-state index contributed by atoms with van der Waals surface area (Å²) in [6.45, 7) is 6.75. The number of para-hydroxylation sites is 2. The zero-order valence-corrected chi connectivity index (χ0v) is 17.6. The van der Waals surface area contributed by atoms with Crippen molar-refractivity contribution in [1.82, 2.24) is 20.2 Å². The smallest absolute Gasteiger partial charge is 0.255 e. The predicted octanol–water partition coefficient (Wildman–Crippen LogP) is 3.40. The van der Waals surface area contributed by atoms with Gasteiger partial charge in [0.2, 0.25) is 5.95 Å². The molecule has 0 saturated heterocycles. The molecule has 1 amide bonds. The van der Waals surface area contributed by atoms with E-state index in [-0.39, 0.29) is 5.91 Å². The molecule has 1 aromatic heterocycles. The van der Waals surface area contributed by atoms with E-state index in [4.69, 9.17) is 9.47 Å². The third-order valence-electron chi connectivity index (χ3n) is 4.90. The molecule has 4 rings (SSSR count). The molecule has 3 aromatic rings. The van der Waals surface area contributed by atoms with Gasteiger partial charge in [0.05, 0.1) is 24.5 Å². The molecule has 2 N–H and O–H groups in total. The molecule has 1 unspecified atom stereocenters. The van der Waals surface area contributed by atoms with Crippen LogP contribution in [0.3, 0.4) is 0 Å². The van der Waals surface area contributed by atoms with E-state index in [2.05, 4.69) is 26.2 Å². The Bertz CT molecular complexity index is 1110. The van der Waals surface area contributed by atoms with Gasteiger partial charge >= 0.3 is 0 Å². The van der Waals surface area contributed by atoms with E-state index in [1.54, 1.807) is 4.68 Å². The second-order valence-corrected chi connectivity index (χ2v) is 6.90. The van der Waals surface area contributed by atoms with Gasteiger partial charge in [0.25, 0.3) is 5.91 Å². The first-order valence-corrected chi connectivity index (χ1v) is 10.1. The third kappa shape index (κ3) is 4.07. The molecule has 0 radical (unpaired) electrons. The van der Waals surface area contributed by atoms with Gasteiger partial charge in [-0.1, -0.05) is 29.4 Å². The molecule has 0 fully saturated rings. The molecule has 1 atom stereocenters. The van der Waals surface area contributed by atoms with Crippen molar-refractivity contribution in [1.29, 1.82) is 0 Å². The van der Waals surface area contributed by atoms with Crippen LogP contribution in [0.1, 0.15) is 32.4 Å². The second-order valence-electron chi connectivity index (χ2n) is 6.90. The minimum atomic E-state index is -0.499. The summed E-state index contributed by atoms with van der Waals surface area (Å²) in [5, 5.41) is 18.0. The molecule has 0 bridgehead atoms. The number of nitrogens with one attached hydrogen (secondary N) is 2. The van der Waals surface area contributed by atoms with Gasteiger partial charge in [-0.25, -0.2) is 0 Å². The highest BCUT2D eigenvalue weighted by Gasteiger charge is 2.34. The van der Waals surface area contributed by atoms with Gasteiger partial charge in [-0.15, -0.1) is 0 Å². The standard InChI is InChI=1S/C22H24N6O3/c1-4-30-16-12-10-15(11-13-16)20-19(14(3)23-22-25-26-27-28(20)22)21(29)24-17-8-6-7-9-18(17)31-5-2/h6-13,20H,4-5H2,1-3H3,(H,24,29)(H,23,25,27). The number of tetrazole rings is 1. The molecule has 0 aliphatic carbocycles. The highest BCUT2D eigenvalue weighted by atomic mass is 16.5. The fourth-order valence-electron chi connectivity index (χ4n) is 3.57. The van der Waals surface area contributed by atoms with Gasteiger partial charge in [-0.3, -0.25) is 4.79 Å². The molecule has 1 aliphatic heterocycles. The Morgan fingerprint density at radius 3 is 2.58 bits per heavy atom.